The molecular formula is C41H48N4O7. The number of carboxylic acids is 1. The molecule has 1 aromatic heterocycles. The van der Waals surface area contributed by atoms with E-state index in [1.54, 1.807) is 12.0 Å². The van der Waals surface area contributed by atoms with Crippen LogP contribution in [0.2, 0.25) is 0 Å². The zero-order chi connectivity index (χ0) is 36.2. The second kappa shape index (κ2) is 15.4. The Morgan fingerprint density at radius 3 is 2.56 bits per heavy atom. The Kier molecular flexibility index (Phi) is 10.5. The summed E-state index contributed by atoms with van der Waals surface area (Å²) in [4.78, 5) is 63.2. The number of aromatic nitrogens is 1. The van der Waals surface area contributed by atoms with E-state index in [0.29, 0.717) is 48.6 Å². The molecule has 2 aromatic carbocycles. The highest BCUT2D eigenvalue weighted by Crippen LogP contribution is 2.45. The number of carboxylic acid groups (broad SMARTS) is 1. The number of benzene rings is 2. The van der Waals surface area contributed by atoms with Gasteiger partial charge in [-0.2, -0.15) is 0 Å². The number of ether oxygens (including phenoxy) is 2. The third kappa shape index (κ3) is 7.49. The fourth-order valence-corrected chi connectivity index (χ4v) is 8.10. The highest BCUT2D eigenvalue weighted by Gasteiger charge is 2.61. The summed E-state index contributed by atoms with van der Waals surface area (Å²) in [5, 5.41) is 13.9. The first-order valence-electron chi connectivity index (χ1n) is 18.8. The summed E-state index contributed by atoms with van der Waals surface area (Å²) in [6, 6.07) is 16.2. The molecule has 2 N–H and O–H groups in total. The topological polar surface area (TPSA) is 138 Å². The smallest absolute Gasteiger partial charge is 0.330 e. The number of rotatable bonds is 7. The van der Waals surface area contributed by atoms with Crippen molar-refractivity contribution in [2.45, 2.75) is 88.3 Å². The molecule has 11 nitrogen and oxygen atoms in total. The van der Waals surface area contributed by atoms with Crippen LogP contribution in [0.1, 0.15) is 70.6 Å². The standard InChI is InChI=1S/C41H48N4O7/c1-51-30-17-18-32-34(22-30)42-33(27-13-8-5-9-14-27)24-36(32)52-31-23-35-38(47)43-41(40(49)50)25-29(41)16-10-4-2-3-7-15-28(39(48)45(35)26-31)21-37(46)44-19-11-6-12-20-44/h5,8-10,13-14,16-18,22,24,28-29,31,35H,2-4,6-7,11-12,15,19-21,23,25-26H2,1H3,(H,43,47)(H,49,50). The second-order valence-corrected chi connectivity index (χ2v) is 14.7. The first kappa shape index (κ1) is 35.5. The summed E-state index contributed by atoms with van der Waals surface area (Å²) >= 11 is 0. The SMILES string of the molecule is COc1ccc2c(OC3CC4C(=O)NC5(C(=O)O)CC5C=CCCCCCC(CC(=O)N5CCCCC5)C(=O)N4C3)cc(-c3ccccc3)nc2c1. The maximum atomic E-state index is 14.6. The van der Waals surface area contributed by atoms with E-state index in [4.69, 9.17) is 14.5 Å². The van der Waals surface area contributed by atoms with Crippen molar-refractivity contribution in [3.05, 3.63) is 66.7 Å². The fraction of sp³-hybridized carbons (Fsp3) is 0.488. The van der Waals surface area contributed by atoms with Gasteiger partial charge in [0.15, 0.2) is 0 Å². The van der Waals surface area contributed by atoms with E-state index in [9.17, 15) is 24.3 Å². The van der Waals surface area contributed by atoms with Gasteiger partial charge in [0.25, 0.3) is 0 Å². The number of allylic oxidation sites excluding steroid dienone is 1. The Balaban J connectivity index is 1.21. The number of carbonyl (C=O) groups excluding carboxylic acids is 3. The van der Waals surface area contributed by atoms with Gasteiger partial charge in [-0.25, -0.2) is 9.78 Å². The Bertz CT molecular complexity index is 1840. The lowest BCUT2D eigenvalue weighted by molar-refractivity contribution is -0.147. The summed E-state index contributed by atoms with van der Waals surface area (Å²) in [6.07, 6.45) is 10.8. The van der Waals surface area contributed by atoms with E-state index in [-0.39, 0.29) is 37.1 Å². The average molecular weight is 709 g/mol. The van der Waals surface area contributed by atoms with Crippen LogP contribution < -0.4 is 14.8 Å². The summed E-state index contributed by atoms with van der Waals surface area (Å²) in [5.41, 5.74) is 0.866. The van der Waals surface area contributed by atoms with Gasteiger partial charge in [0.1, 0.15) is 29.2 Å². The monoisotopic (exact) mass is 708 g/mol. The maximum absolute atomic E-state index is 14.6. The van der Waals surface area contributed by atoms with Crippen LogP contribution in [0.3, 0.4) is 0 Å². The number of fused-ring (bicyclic) bond motifs is 3. The van der Waals surface area contributed by atoms with Crippen LogP contribution >= 0.6 is 0 Å². The van der Waals surface area contributed by atoms with Crippen molar-refractivity contribution in [1.29, 1.82) is 0 Å². The third-order valence-electron chi connectivity index (χ3n) is 11.2. The summed E-state index contributed by atoms with van der Waals surface area (Å²) in [5.74, 6) is -1.58. The predicted molar refractivity (Wildman–Crippen MR) is 196 cm³/mol. The molecule has 5 atom stereocenters. The zero-order valence-electron chi connectivity index (χ0n) is 29.8. The van der Waals surface area contributed by atoms with Crippen LogP contribution in [0.15, 0.2) is 66.7 Å². The first-order valence-corrected chi connectivity index (χ1v) is 18.8. The van der Waals surface area contributed by atoms with Crippen LogP contribution in [0.5, 0.6) is 11.5 Å². The molecule has 7 rings (SSSR count). The molecule has 0 radical (unpaired) electrons. The summed E-state index contributed by atoms with van der Waals surface area (Å²) in [7, 11) is 1.60. The van der Waals surface area contributed by atoms with Gasteiger partial charge in [-0.1, -0.05) is 55.3 Å². The number of amides is 3. The van der Waals surface area contributed by atoms with Crippen LogP contribution in [0.25, 0.3) is 22.2 Å². The molecule has 5 unspecified atom stereocenters. The number of carbonyl (C=O) groups is 4. The number of methoxy groups -OCH3 is 1. The molecule has 52 heavy (non-hydrogen) atoms. The molecule has 274 valence electrons. The molecule has 11 heteroatoms. The van der Waals surface area contributed by atoms with Crippen molar-refractivity contribution in [3.63, 3.8) is 0 Å². The minimum absolute atomic E-state index is 0.0234. The molecule has 3 amide bonds. The van der Waals surface area contributed by atoms with Gasteiger partial charge in [-0.05, 0) is 57.1 Å². The van der Waals surface area contributed by atoms with Gasteiger partial charge in [-0.15, -0.1) is 0 Å². The Morgan fingerprint density at radius 2 is 1.79 bits per heavy atom. The molecule has 3 aromatic rings. The molecule has 0 spiro atoms. The number of nitrogens with one attached hydrogen (secondary N) is 1. The first-order chi connectivity index (χ1) is 25.3. The van der Waals surface area contributed by atoms with E-state index in [2.05, 4.69) is 5.32 Å². The van der Waals surface area contributed by atoms with E-state index in [0.717, 1.165) is 55.9 Å². The van der Waals surface area contributed by atoms with Crippen molar-refractivity contribution < 1.29 is 33.8 Å². The highest BCUT2D eigenvalue weighted by molar-refractivity contribution is 5.96. The second-order valence-electron chi connectivity index (χ2n) is 14.7. The Morgan fingerprint density at radius 1 is 1.00 bits per heavy atom. The van der Waals surface area contributed by atoms with E-state index >= 15 is 0 Å². The number of nitrogens with zero attached hydrogens (tertiary/aromatic N) is 3. The highest BCUT2D eigenvalue weighted by atomic mass is 16.5. The number of aliphatic carboxylic acids is 1. The Hall–Kier alpha value is -4.93. The van der Waals surface area contributed by atoms with Gasteiger partial charge >= 0.3 is 5.97 Å². The lowest BCUT2D eigenvalue weighted by Gasteiger charge is -2.31. The van der Waals surface area contributed by atoms with Crippen LogP contribution in [-0.4, -0.2) is 88.0 Å². The molecule has 2 saturated heterocycles. The predicted octanol–water partition coefficient (Wildman–Crippen LogP) is 5.76. The largest absolute Gasteiger partial charge is 0.497 e. The zero-order valence-corrected chi connectivity index (χ0v) is 29.8. The van der Waals surface area contributed by atoms with Crippen molar-refractivity contribution in [3.8, 4) is 22.8 Å². The van der Waals surface area contributed by atoms with Crippen LogP contribution in [-0.2, 0) is 19.2 Å². The molecule has 3 aliphatic heterocycles. The van der Waals surface area contributed by atoms with Gasteiger partial charge < -0.3 is 29.7 Å². The minimum Gasteiger partial charge on any atom is -0.497 e. The molecule has 4 heterocycles. The number of likely N-dealkylation sites (tertiary alicyclic amines) is 1. The molecule has 0 bridgehead atoms. The van der Waals surface area contributed by atoms with E-state index < -0.39 is 35.5 Å². The van der Waals surface area contributed by atoms with Crippen molar-refractivity contribution >= 4 is 34.6 Å². The minimum atomic E-state index is -1.41. The average Bonchev–Trinajstić information content (AvgIpc) is 3.70. The molecule has 4 aliphatic rings. The van der Waals surface area contributed by atoms with E-state index in [1.807, 2.05) is 71.6 Å². The van der Waals surface area contributed by atoms with Gasteiger partial charge in [-0.3, -0.25) is 14.4 Å². The summed E-state index contributed by atoms with van der Waals surface area (Å²) in [6.45, 7) is 1.52. The normalized spacial score (nSPS) is 26.8. The van der Waals surface area contributed by atoms with Gasteiger partial charge in [0.05, 0.1) is 24.9 Å². The van der Waals surface area contributed by atoms with E-state index in [1.165, 1.54) is 0 Å². The number of hydrogen-bond acceptors (Lipinski definition) is 7. The fourth-order valence-electron chi connectivity index (χ4n) is 8.10. The van der Waals surface area contributed by atoms with Crippen molar-refractivity contribution in [1.82, 2.24) is 20.1 Å². The summed E-state index contributed by atoms with van der Waals surface area (Å²) < 4.78 is 12.2. The molecule has 3 fully saturated rings. The van der Waals surface area contributed by atoms with Crippen LogP contribution in [0, 0.1) is 11.8 Å². The number of hydrogen-bond donors (Lipinski definition) is 2. The lowest BCUT2D eigenvalue weighted by atomic mass is 9.94. The lowest BCUT2D eigenvalue weighted by Crippen LogP contribution is -2.54. The van der Waals surface area contributed by atoms with Crippen molar-refractivity contribution in [2.75, 3.05) is 26.7 Å². The molecule has 1 saturated carbocycles. The maximum Gasteiger partial charge on any atom is 0.330 e. The number of pyridine rings is 1. The number of piperidine rings is 1. The van der Waals surface area contributed by atoms with Gasteiger partial charge in [0, 0.05) is 60.8 Å². The van der Waals surface area contributed by atoms with Crippen molar-refractivity contribution in [2.24, 2.45) is 11.8 Å². The van der Waals surface area contributed by atoms with Crippen LogP contribution in [0.4, 0.5) is 0 Å². The molecule has 1 aliphatic carbocycles. The quantitative estimate of drug-likeness (QED) is 0.296. The third-order valence-corrected chi connectivity index (χ3v) is 11.2. The molecular weight excluding hydrogens is 660 g/mol. The van der Waals surface area contributed by atoms with Gasteiger partial charge in [0.2, 0.25) is 17.7 Å². The Labute approximate surface area is 304 Å².